The smallest absolute Gasteiger partial charge is 0.314 e. The quantitative estimate of drug-likeness (QED) is 0.634. The zero-order valence-electron chi connectivity index (χ0n) is 10.7. The Hall–Kier alpha value is -1.30. The summed E-state index contributed by atoms with van der Waals surface area (Å²) in [7, 11) is 0. The summed E-state index contributed by atoms with van der Waals surface area (Å²) in [6, 6.07) is 0.503. The highest BCUT2D eigenvalue weighted by Gasteiger charge is 2.23. The highest BCUT2D eigenvalue weighted by atomic mass is 16.2. The molecule has 1 saturated heterocycles. The number of hydrogen-bond donors (Lipinski definition) is 3. The molecule has 1 aliphatic carbocycles. The summed E-state index contributed by atoms with van der Waals surface area (Å²) in [5.74, 6) is 0.138. The van der Waals surface area contributed by atoms with Crippen LogP contribution in [0.4, 0.5) is 4.79 Å². The summed E-state index contributed by atoms with van der Waals surface area (Å²) < 4.78 is 0. The van der Waals surface area contributed by atoms with Gasteiger partial charge in [0.1, 0.15) is 0 Å². The number of likely N-dealkylation sites (tertiary alicyclic amines) is 1. The molecule has 6 nitrogen and oxygen atoms in total. The Morgan fingerprint density at radius 1 is 1.11 bits per heavy atom. The lowest BCUT2D eigenvalue weighted by molar-refractivity contribution is -0.121. The first-order valence-electron chi connectivity index (χ1n) is 6.72. The molecule has 2 rings (SSSR count). The van der Waals surface area contributed by atoms with Crippen LogP contribution >= 0.6 is 0 Å². The lowest BCUT2D eigenvalue weighted by Crippen LogP contribution is -2.47. The van der Waals surface area contributed by atoms with Gasteiger partial charge in [0.2, 0.25) is 5.91 Å². The molecule has 0 radical (unpaired) electrons. The third kappa shape index (κ3) is 4.18. The van der Waals surface area contributed by atoms with Gasteiger partial charge >= 0.3 is 6.03 Å². The molecule has 0 aromatic carbocycles. The van der Waals surface area contributed by atoms with E-state index in [9.17, 15) is 9.59 Å². The van der Waals surface area contributed by atoms with Gasteiger partial charge in [-0.05, 0) is 25.7 Å². The summed E-state index contributed by atoms with van der Waals surface area (Å²) in [4.78, 5) is 24.1. The van der Waals surface area contributed by atoms with E-state index < -0.39 is 0 Å². The molecule has 2 fully saturated rings. The van der Waals surface area contributed by atoms with Crippen LogP contribution in [0.15, 0.2) is 0 Å². The maximum atomic E-state index is 11.5. The second-order valence-electron chi connectivity index (χ2n) is 5.15. The maximum Gasteiger partial charge on any atom is 0.314 e. The Morgan fingerprint density at radius 2 is 1.78 bits per heavy atom. The second kappa shape index (κ2) is 6.04. The van der Waals surface area contributed by atoms with E-state index in [0.29, 0.717) is 38.1 Å². The molecule has 1 heterocycles. The average molecular weight is 254 g/mol. The van der Waals surface area contributed by atoms with Crippen LogP contribution in [0.2, 0.25) is 0 Å². The predicted octanol–water partition coefficient (Wildman–Crippen LogP) is -0.212. The molecule has 0 aromatic rings. The Bertz CT molecular complexity index is 309. The zero-order chi connectivity index (χ0) is 13.0. The Morgan fingerprint density at radius 3 is 2.33 bits per heavy atom. The van der Waals surface area contributed by atoms with Crippen molar-refractivity contribution in [1.82, 2.24) is 15.5 Å². The number of hydrogen-bond acceptors (Lipinski definition) is 3. The molecular weight excluding hydrogens is 232 g/mol. The van der Waals surface area contributed by atoms with Crippen molar-refractivity contribution in [1.29, 1.82) is 0 Å². The highest BCUT2D eigenvalue weighted by Crippen LogP contribution is 2.18. The average Bonchev–Trinajstić information content (AvgIpc) is 3.13. The van der Waals surface area contributed by atoms with E-state index in [0.717, 1.165) is 25.7 Å². The van der Waals surface area contributed by atoms with Gasteiger partial charge in [0.15, 0.2) is 0 Å². The Labute approximate surface area is 107 Å². The van der Waals surface area contributed by atoms with Crippen molar-refractivity contribution in [2.75, 3.05) is 19.6 Å². The van der Waals surface area contributed by atoms with E-state index in [-0.39, 0.29) is 11.9 Å². The van der Waals surface area contributed by atoms with Crippen LogP contribution in [0.25, 0.3) is 0 Å². The largest absolute Gasteiger partial charge is 0.353 e. The van der Waals surface area contributed by atoms with Gasteiger partial charge in [0.25, 0.3) is 0 Å². The first-order valence-corrected chi connectivity index (χ1v) is 6.72. The first-order chi connectivity index (χ1) is 8.65. The van der Waals surface area contributed by atoms with E-state index in [1.807, 2.05) is 0 Å². The fraction of sp³-hybridized carbons (Fsp3) is 0.833. The molecule has 2 aliphatic rings. The molecule has 0 aromatic heterocycles. The van der Waals surface area contributed by atoms with Crippen LogP contribution in [0.3, 0.4) is 0 Å². The Balaban J connectivity index is 1.54. The number of rotatable bonds is 5. The molecule has 0 bridgehead atoms. The zero-order valence-corrected chi connectivity index (χ0v) is 10.7. The van der Waals surface area contributed by atoms with Crippen LogP contribution in [-0.2, 0) is 4.79 Å². The van der Waals surface area contributed by atoms with Crippen LogP contribution in [0.1, 0.15) is 32.1 Å². The lowest BCUT2D eigenvalue weighted by atomic mass is 10.1. The molecule has 3 amide bonds. The number of carbonyl (C=O) groups is 2. The van der Waals surface area contributed by atoms with Crippen molar-refractivity contribution in [3.05, 3.63) is 0 Å². The van der Waals surface area contributed by atoms with Gasteiger partial charge in [-0.1, -0.05) is 0 Å². The molecule has 0 spiro atoms. The van der Waals surface area contributed by atoms with E-state index in [2.05, 4.69) is 10.6 Å². The normalized spacial score (nSPS) is 20.8. The van der Waals surface area contributed by atoms with Gasteiger partial charge in [-0.3, -0.25) is 4.79 Å². The number of urea groups is 1. The fourth-order valence-electron chi connectivity index (χ4n) is 2.22. The number of carbonyl (C=O) groups excluding carboxylic acids is 2. The highest BCUT2D eigenvalue weighted by molar-refractivity contribution is 5.76. The summed E-state index contributed by atoms with van der Waals surface area (Å²) in [6.07, 6.45) is 4.61. The van der Waals surface area contributed by atoms with E-state index in [1.165, 1.54) is 0 Å². The van der Waals surface area contributed by atoms with Gasteiger partial charge in [0.05, 0.1) is 0 Å². The molecule has 0 atom stereocenters. The fourth-order valence-corrected chi connectivity index (χ4v) is 2.22. The molecule has 6 heteroatoms. The SMILES string of the molecule is NC(=O)N1CCC(NCCC(=O)NC2CC2)CC1. The standard InChI is InChI=1S/C12H22N4O2/c13-12(18)16-7-4-9(5-8-16)14-6-3-11(17)15-10-1-2-10/h9-10,14H,1-8H2,(H2,13,18)(H,15,17). The predicted molar refractivity (Wildman–Crippen MR) is 68.0 cm³/mol. The summed E-state index contributed by atoms with van der Waals surface area (Å²) in [5, 5.41) is 6.33. The van der Waals surface area contributed by atoms with E-state index >= 15 is 0 Å². The van der Waals surface area contributed by atoms with Crippen molar-refractivity contribution in [2.24, 2.45) is 5.73 Å². The molecule has 1 aliphatic heterocycles. The van der Waals surface area contributed by atoms with Crippen molar-refractivity contribution in [2.45, 2.75) is 44.2 Å². The minimum Gasteiger partial charge on any atom is -0.353 e. The second-order valence-corrected chi connectivity index (χ2v) is 5.15. The third-order valence-corrected chi connectivity index (χ3v) is 3.53. The van der Waals surface area contributed by atoms with Gasteiger partial charge < -0.3 is 21.3 Å². The van der Waals surface area contributed by atoms with Crippen LogP contribution in [0.5, 0.6) is 0 Å². The molecule has 0 unspecified atom stereocenters. The lowest BCUT2D eigenvalue weighted by Gasteiger charge is -2.31. The number of piperidine rings is 1. The first kappa shape index (κ1) is 13.1. The topological polar surface area (TPSA) is 87.5 Å². The summed E-state index contributed by atoms with van der Waals surface area (Å²) >= 11 is 0. The molecule has 102 valence electrons. The number of amides is 3. The summed E-state index contributed by atoms with van der Waals surface area (Å²) in [6.45, 7) is 2.13. The van der Waals surface area contributed by atoms with Gasteiger partial charge in [-0.2, -0.15) is 0 Å². The van der Waals surface area contributed by atoms with Crippen LogP contribution < -0.4 is 16.4 Å². The number of nitrogens with one attached hydrogen (secondary N) is 2. The summed E-state index contributed by atoms with van der Waals surface area (Å²) in [5.41, 5.74) is 5.22. The van der Waals surface area contributed by atoms with Crippen LogP contribution in [0, 0.1) is 0 Å². The third-order valence-electron chi connectivity index (χ3n) is 3.53. The van der Waals surface area contributed by atoms with Crippen LogP contribution in [-0.4, -0.2) is 48.6 Å². The number of nitrogens with zero attached hydrogens (tertiary/aromatic N) is 1. The Kier molecular flexibility index (Phi) is 4.41. The van der Waals surface area contributed by atoms with Crippen molar-refractivity contribution in [3.8, 4) is 0 Å². The molecule has 4 N–H and O–H groups in total. The van der Waals surface area contributed by atoms with Gasteiger partial charge in [-0.25, -0.2) is 4.79 Å². The van der Waals surface area contributed by atoms with Crippen molar-refractivity contribution < 1.29 is 9.59 Å². The molecule has 1 saturated carbocycles. The number of nitrogens with two attached hydrogens (primary N) is 1. The van der Waals surface area contributed by atoms with E-state index in [1.54, 1.807) is 4.90 Å². The van der Waals surface area contributed by atoms with Gasteiger partial charge in [0, 0.05) is 38.1 Å². The molecule has 18 heavy (non-hydrogen) atoms. The molecular formula is C12H22N4O2. The maximum absolute atomic E-state index is 11.5. The monoisotopic (exact) mass is 254 g/mol. The van der Waals surface area contributed by atoms with Crippen molar-refractivity contribution in [3.63, 3.8) is 0 Å². The van der Waals surface area contributed by atoms with Crippen molar-refractivity contribution >= 4 is 11.9 Å². The minimum atomic E-state index is -0.336. The van der Waals surface area contributed by atoms with Gasteiger partial charge in [-0.15, -0.1) is 0 Å². The van der Waals surface area contributed by atoms with E-state index in [4.69, 9.17) is 5.73 Å². The minimum absolute atomic E-state index is 0.138. The number of primary amides is 1.